The molecule has 2 fully saturated rings. The van der Waals surface area contributed by atoms with Crippen molar-refractivity contribution in [3.8, 4) is 0 Å². The van der Waals surface area contributed by atoms with Crippen LogP contribution in [0.2, 0.25) is 0 Å². The van der Waals surface area contributed by atoms with Crippen LogP contribution in [0.4, 0.5) is 0 Å². The molecule has 3 atom stereocenters. The zero-order valence-electron chi connectivity index (χ0n) is 9.63. The first kappa shape index (κ1) is 10.4. The average molecular weight is 196 g/mol. The molecule has 0 aromatic heterocycles. The number of nitrogens with one attached hydrogen (secondary N) is 1. The van der Waals surface area contributed by atoms with E-state index in [-0.39, 0.29) is 0 Å². The first-order chi connectivity index (χ1) is 6.75. The fraction of sp³-hybridized carbons (Fsp3) is 1.00. The summed E-state index contributed by atoms with van der Waals surface area (Å²) >= 11 is 0. The van der Waals surface area contributed by atoms with Gasteiger partial charge in [0.25, 0.3) is 0 Å². The predicted octanol–water partition coefficient (Wildman–Crippen LogP) is 1.86. The molecule has 0 aromatic carbocycles. The fourth-order valence-corrected chi connectivity index (χ4v) is 3.19. The van der Waals surface area contributed by atoms with Crippen molar-refractivity contribution in [3.63, 3.8) is 0 Å². The number of rotatable bonds is 2. The Morgan fingerprint density at radius 2 is 1.93 bits per heavy atom. The molecule has 0 aromatic rings. The lowest BCUT2D eigenvalue weighted by atomic mass is 9.94. The summed E-state index contributed by atoms with van der Waals surface area (Å²) in [6.07, 6.45) is 8.70. The van der Waals surface area contributed by atoms with Gasteiger partial charge in [0, 0.05) is 18.6 Å². The van der Waals surface area contributed by atoms with Crippen molar-refractivity contribution >= 4 is 0 Å². The van der Waals surface area contributed by atoms with Crippen molar-refractivity contribution in [3.05, 3.63) is 0 Å². The molecule has 1 saturated carbocycles. The monoisotopic (exact) mass is 196 g/mol. The molecule has 2 heteroatoms. The average Bonchev–Trinajstić information content (AvgIpc) is 2.34. The van der Waals surface area contributed by atoms with E-state index >= 15 is 0 Å². The highest BCUT2D eigenvalue weighted by molar-refractivity contribution is 4.92. The molecule has 0 amide bonds. The molecule has 2 rings (SSSR count). The van der Waals surface area contributed by atoms with Crippen molar-refractivity contribution in [1.82, 2.24) is 10.2 Å². The van der Waals surface area contributed by atoms with Crippen LogP contribution in [0.1, 0.15) is 38.5 Å². The predicted molar refractivity (Wildman–Crippen MR) is 60.5 cm³/mol. The molecule has 14 heavy (non-hydrogen) atoms. The van der Waals surface area contributed by atoms with E-state index in [9.17, 15) is 0 Å². The summed E-state index contributed by atoms with van der Waals surface area (Å²) in [6.45, 7) is 1.22. The smallest absolute Gasteiger partial charge is 0.0200 e. The van der Waals surface area contributed by atoms with Crippen LogP contribution in [0.3, 0.4) is 0 Å². The van der Waals surface area contributed by atoms with Gasteiger partial charge < -0.3 is 10.2 Å². The van der Waals surface area contributed by atoms with Crippen molar-refractivity contribution < 1.29 is 0 Å². The molecule has 2 aliphatic rings. The lowest BCUT2D eigenvalue weighted by Gasteiger charge is -2.18. The highest BCUT2D eigenvalue weighted by Crippen LogP contribution is 2.32. The van der Waals surface area contributed by atoms with Gasteiger partial charge in [-0.2, -0.15) is 0 Å². The number of hydrogen-bond donors (Lipinski definition) is 1. The molecule has 1 saturated heterocycles. The SMILES string of the molecule is CN(C)C[C@@H]1C[C@@H]2CCCCC[C@H]2N1. The minimum Gasteiger partial charge on any atom is -0.310 e. The first-order valence-corrected chi connectivity index (χ1v) is 6.16. The van der Waals surface area contributed by atoms with Crippen molar-refractivity contribution in [1.29, 1.82) is 0 Å². The van der Waals surface area contributed by atoms with E-state index in [0.717, 1.165) is 18.0 Å². The Kier molecular flexibility index (Phi) is 3.45. The van der Waals surface area contributed by atoms with Crippen molar-refractivity contribution in [2.45, 2.75) is 50.6 Å². The Bertz CT molecular complexity index is 165. The quantitative estimate of drug-likeness (QED) is 0.725. The van der Waals surface area contributed by atoms with Gasteiger partial charge in [-0.3, -0.25) is 0 Å². The van der Waals surface area contributed by atoms with E-state index in [1.807, 2.05) is 0 Å². The van der Waals surface area contributed by atoms with E-state index < -0.39 is 0 Å². The standard InChI is InChI=1S/C12H24N2/c1-14(2)9-11-8-10-6-4-3-5-7-12(10)13-11/h10-13H,3-9H2,1-2H3/t10-,11-,12+/m0/s1. The summed E-state index contributed by atoms with van der Waals surface area (Å²) in [4.78, 5) is 2.31. The van der Waals surface area contributed by atoms with Crippen molar-refractivity contribution in [2.24, 2.45) is 5.92 Å². The van der Waals surface area contributed by atoms with Gasteiger partial charge in [0.1, 0.15) is 0 Å². The van der Waals surface area contributed by atoms with Gasteiger partial charge in [-0.1, -0.05) is 19.3 Å². The lowest BCUT2D eigenvalue weighted by molar-refractivity contribution is 0.347. The van der Waals surface area contributed by atoms with E-state index in [1.165, 1.54) is 45.1 Å². The zero-order valence-corrected chi connectivity index (χ0v) is 9.63. The Labute approximate surface area is 88.1 Å². The second-order valence-electron chi connectivity index (χ2n) is 5.37. The molecule has 1 aliphatic carbocycles. The number of fused-ring (bicyclic) bond motifs is 1. The largest absolute Gasteiger partial charge is 0.310 e. The summed E-state index contributed by atoms with van der Waals surface area (Å²) in [5.41, 5.74) is 0. The minimum absolute atomic E-state index is 0.762. The van der Waals surface area contributed by atoms with Crippen LogP contribution >= 0.6 is 0 Å². The highest BCUT2D eigenvalue weighted by atomic mass is 15.1. The minimum atomic E-state index is 0.762. The van der Waals surface area contributed by atoms with Gasteiger partial charge >= 0.3 is 0 Å². The molecule has 0 radical (unpaired) electrons. The van der Waals surface area contributed by atoms with E-state index in [4.69, 9.17) is 0 Å². The molecule has 0 unspecified atom stereocenters. The Morgan fingerprint density at radius 1 is 1.14 bits per heavy atom. The van der Waals surface area contributed by atoms with E-state index in [2.05, 4.69) is 24.3 Å². The van der Waals surface area contributed by atoms with Gasteiger partial charge in [0.05, 0.1) is 0 Å². The topological polar surface area (TPSA) is 15.3 Å². The van der Waals surface area contributed by atoms with Crippen LogP contribution in [0.25, 0.3) is 0 Å². The summed E-state index contributed by atoms with van der Waals surface area (Å²) in [7, 11) is 4.35. The van der Waals surface area contributed by atoms with Crippen LogP contribution in [0.5, 0.6) is 0 Å². The van der Waals surface area contributed by atoms with Crippen LogP contribution in [0.15, 0.2) is 0 Å². The van der Waals surface area contributed by atoms with Crippen molar-refractivity contribution in [2.75, 3.05) is 20.6 Å². The molecular weight excluding hydrogens is 172 g/mol. The third-order valence-electron chi connectivity index (χ3n) is 3.78. The zero-order chi connectivity index (χ0) is 9.97. The fourth-order valence-electron chi connectivity index (χ4n) is 3.19. The van der Waals surface area contributed by atoms with Gasteiger partial charge in [-0.25, -0.2) is 0 Å². The second kappa shape index (κ2) is 4.63. The molecule has 0 spiro atoms. The maximum Gasteiger partial charge on any atom is 0.0200 e. The van der Waals surface area contributed by atoms with Crippen LogP contribution in [-0.2, 0) is 0 Å². The van der Waals surface area contributed by atoms with Gasteiger partial charge in [0.15, 0.2) is 0 Å². The van der Waals surface area contributed by atoms with E-state index in [0.29, 0.717) is 0 Å². The van der Waals surface area contributed by atoms with Gasteiger partial charge in [-0.05, 0) is 39.3 Å². The molecule has 82 valence electrons. The lowest BCUT2D eigenvalue weighted by Crippen LogP contribution is -2.37. The normalized spacial score (nSPS) is 38.4. The number of likely N-dealkylation sites (N-methyl/N-ethyl adjacent to an activating group) is 1. The maximum absolute atomic E-state index is 3.82. The molecular formula is C12H24N2. The summed E-state index contributed by atoms with van der Waals surface area (Å²) < 4.78 is 0. The summed E-state index contributed by atoms with van der Waals surface area (Å²) in [5.74, 6) is 0.988. The second-order valence-corrected chi connectivity index (χ2v) is 5.37. The molecule has 1 aliphatic heterocycles. The Balaban J connectivity index is 1.85. The molecule has 1 N–H and O–H groups in total. The van der Waals surface area contributed by atoms with E-state index in [1.54, 1.807) is 0 Å². The third-order valence-corrected chi connectivity index (χ3v) is 3.78. The molecule has 2 nitrogen and oxygen atoms in total. The number of hydrogen-bond acceptors (Lipinski definition) is 2. The third kappa shape index (κ3) is 2.48. The Morgan fingerprint density at radius 3 is 2.71 bits per heavy atom. The van der Waals surface area contributed by atoms with Crippen LogP contribution in [0, 0.1) is 5.92 Å². The summed E-state index contributed by atoms with van der Waals surface area (Å²) in [5, 5.41) is 3.82. The van der Waals surface area contributed by atoms with Gasteiger partial charge in [0.2, 0.25) is 0 Å². The highest BCUT2D eigenvalue weighted by Gasteiger charge is 2.33. The van der Waals surface area contributed by atoms with Crippen LogP contribution < -0.4 is 5.32 Å². The van der Waals surface area contributed by atoms with Gasteiger partial charge in [-0.15, -0.1) is 0 Å². The first-order valence-electron chi connectivity index (χ1n) is 6.16. The molecule has 1 heterocycles. The Hall–Kier alpha value is -0.0800. The molecule has 0 bridgehead atoms. The maximum atomic E-state index is 3.82. The summed E-state index contributed by atoms with van der Waals surface area (Å²) in [6, 6.07) is 1.61. The van der Waals surface area contributed by atoms with Crippen LogP contribution in [-0.4, -0.2) is 37.6 Å². The number of nitrogens with zero attached hydrogens (tertiary/aromatic N) is 1.